The van der Waals surface area contributed by atoms with Crippen LogP contribution in [0, 0.1) is 0 Å². The molecule has 24 heavy (non-hydrogen) atoms. The molecule has 2 rings (SSSR count). The van der Waals surface area contributed by atoms with Crippen molar-refractivity contribution in [2.45, 2.75) is 0 Å². The van der Waals surface area contributed by atoms with E-state index in [2.05, 4.69) is 10.3 Å². The molecule has 0 bridgehead atoms. The predicted octanol–water partition coefficient (Wildman–Crippen LogP) is 0.319. The number of hydrogen-bond donors (Lipinski definition) is 1. The van der Waals surface area contributed by atoms with E-state index in [4.69, 9.17) is 4.42 Å². The van der Waals surface area contributed by atoms with Crippen LogP contribution in [0.2, 0.25) is 0 Å². The lowest BCUT2D eigenvalue weighted by atomic mass is 10.3. The Morgan fingerprint density at radius 1 is 1.25 bits per heavy atom. The van der Waals surface area contributed by atoms with E-state index in [1.165, 1.54) is 11.2 Å². The first-order chi connectivity index (χ1) is 11.0. The molecule has 9 heteroatoms. The van der Waals surface area contributed by atoms with Crippen LogP contribution in [0.25, 0.3) is 0 Å². The van der Waals surface area contributed by atoms with Crippen LogP contribution < -0.4 is 5.32 Å². The molecule has 0 saturated carbocycles. The highest BCUT2D eigenvalue weighted by atomic mass is 127. The molecular formula is C15H24IN5O3. The van der Waals surface area contributed by atoms with Crippen LogP contribution in [0.1, 0.15) is 10.6 Å². The summed E-state index contributed by atoms with van der Waals surface area (Å²) in [6, 6.07) is 3.37. The van der Waals surface area contributed by atoms with Gasteiger partial charge in [-0.1, -0.05) is 0 Å². The molecule has 1 aliphatic rings. The molecule has 0 aliphatic carbocycles. The molecule has 0 unspecified atom stereocenters. The van der Waals surface area contributed by atoms with E-state index in [1.54, 1.807) is 38.2 Å². The van der Waals surface area contributed by atoms with E-state index in [1.807, 2.05) is 4.90 Å². The molecule has 1 aromatic rings. The number of piperazine rings is 1. The van der Waals surface area contributed by atoms with Crippen LogP contribution in [-0.2, 0) is 4.79 Å². The van der Waals surface area contributed by atoms with E-state index in [9.17, 15) is 9.59 Å². The number of aliphatic imine (C=N–C) groups is 1. The molecule has 0 atom stereocenters. The summed E-state index contributed by atoms with van der Waals surface area (Å²) in [6.07, 6.45) is 1.50. The van der Waals surface area contributed by atoms with Gasteiger partial charge in [-0.15, -0.1) is 24.0 Å². The SMILES string of the molecule is CN=C(NCC(=O)N(C)C)N1CCN(C(=O)c2ccco2)CC1.I. The molecular weight excluding hydrogens is 425 g/mol. The summed E-state index contributed by atoms with van der Waals surface area (Å²) < 4.78 is 5.15. The van der Waals surface area contributed by atoms with Crippen LogP contribution in [0.5, 0.6) is 0 Å². The molecule has 0 radical (unpaired) electrons. The lowest BCUT2D eigenvalue weighted by Gasteiger charge is -2.36. The quantitative estimate of drug-likeness (QED) is 0.409. The summed E-state index contributed by atoms with van der Waals surface area (Å²) >= 11 is 0. The lowest BCUT2D eigenvalue weighted by Crippen LogP contribution is -2.54. The number of guanidine groups is 1. The summed E-state index contributed by atoms with van der Waals surface area (Å²) in [5.74, 6) is 0.918. The van der Waals surface area contributed by atoms with Crippen molar-refractivity contribution >= 4 is 41.8 Å². The molecule has 1 aromatic heterocycles. The van der Waals surface area contributed by atoms with Crippen LogP contribution in [0.4, 0.5) is 0 Å². The smallest absolute Gasteiger partial charge is 0.289 e. The maximum absolute atomic E-state index is 12.2. The minimum Gasteiger partial charge on any atom is -0.459 e. The number of furan rings is 1. The van der Waals surface area contributed by atoms with Gasteiger partial charge in [-0.2, -0.15) is 0 Å². The average Bonchev–Trinajstić information content (AvgIpc) is 3.09. The molecule has 2 amide bonds. The highest BCUT2D eigenvalue weighted by Crippen LogP contribution is 2.09. The van der Waals surface area contributed by atoms with Crippen molar-refractivity contribution in [1.82, 2.24) is 20.0 Å². The first-order valence-electron chi connectivity index (χ1n) is 7.51. The Kier molecular flexibility index (Phi) is 8.02. The van der Waals surface area contributed by atoms with E-state index in [0.717, 1.165) is 0 Å². The fourth-order valence-electron chi connectivity index (χ4n) is 2.32. The van der Waals surface area contributed by atoms with Crippen molar-refractivity contribution in [3.05, 3.63) is 24.2 Å². The number of amides is 2. The van der Waals surface area contributed by atoms with Gasteiger partial charge < -0.3 is 24.4 Å². The van der Waals surface area contributed by atoms with E-state index in [0.29, 0.717) is 37.9 Å². The molecule has 1 saturated heterocycles. The zero-order valence-electron chi connectivity index (χ0n) is 14.2. The fraction of sp³-hybridized carbons (Fsp3) is 0.533. The van der Waals surface area contributed by atoms with Crippen LogP contribution in [0.15, 0.2) is 27.8 Å². The third-order valence-electron chi connectivity index (χ3n) is 3.71. The average molecular weight is 449 g/mol. The molecule has 0 spiro atoms. The number of hydrogen-bond acceptors (Lipinski definition) is 4. The maximum atomic E-state index is 12.2. The third-order valence-corrected chi connectivity index (χ3v) is 3.71. The summed E-state index contributed by atoms with van der Waals surface area (Å²) in [6.45, 7) is 2.68. The highest BCUT2D eigenvalue weighted by Gasteiger charge is 2.25. The fourth-order valence-corrected chi connectivity index (χ4v) is 2.32. The Labute approximate surface area is 158 Å². The van der Waals surface area contributed by atoms with Crippen molar-refractivity contribution in [2.75, 3.05) is 53.9 Å². The number of likely N-dealkylation sites (N-methyl/N-ethyl adjacent to an activating group) is 1. The van der Waals surface area contributed by atoms with Gasteiger partial charge in [0.2, 0.25) is 5.91 Å². The normalized spacial score (nSPS) is 14.9. The second-order valence-corrected chi connectivity index (χ2v) is 5.45. The Morgan fingerprint density at radius 3 is 2.38 bits per heavy atom. The van der Waals surface area contributed by atoms with Crippen molar-refractivity contribution in [3.63, 3.8) is 0 Å². The van der Waals surface area contributed by atoms with Crippen molar-refractivity contribution in [1.29, 1.82) is 0 Å². The third kappa shape index (κ3) is 5.11. The number of nitrogens with zero attached hydrogens (tertiary/aromatic N) is 4. The van der Waals surface area contributed by atoms with E-state index >= 15 is 0 Å². The van der Waals surface area contributed by atoms with Gasteiger partial charge in [0.15, 0.2) is 11.7 Å². The minimum atomic E-state index is -0.0969. The Bertz CT molecular complexity index is 566. The molecule has 8 nitrogen and oxygen atoms in total. The largest absolute Gasteiger partial charge is 0.459 e. The van der Waals surface area contributed by atoms with Gasteiger partial charge >= 0.3 is 0 Å². The number of nitrogens with one attached hydrogen (secondary N) is 1. The first-order valence-corrected chi connectivity index (χ1v) is 7.51. The lowest BCUT2D eigenvalue weighted by molar-refractivity contribution is -0.127. The standard InChI is InChI=1S/C15H23N5O3.HI/c1-16-15(17-11-13(21)18(2)3)20-8-6-19(7-9-20)14(22)12-5-4-10-23-12;/h4-5,10H,6-9,11H2,1-3H3,(H,16,17);1H. The van der Waals surface area contributed by atoms with Gasteiger partial charge in [0.1, 0.15) is 0 Å². The molecule has 0 aromatic carbocycles. The Hall–Kier alpha value is -1.78. The summed E-state index contributed by atoms with van der Waals surface area (Å²) in [5.41, 5.74) is 0. The number of halogens is 1. The predicted molar refractivity (Wildman–Crippen MR) is 102 cm³/mol. The first kappa shape index (κ1) is 20.3. The zero-order chi connectivity index (χ0) is 16.8. The van der Waals surface area contributed by atoms with Crippen molar-refractivity contribution < 1.29 is 14.0 Å². The topological polar surface area (TPSA) is 81.4 Å². The summed E-state index contributed by atoms with van der Waals surface area (Å²) in [4.78, 5) is 33.4. The van der Waals surface area contributed by atoms with Gasteiger partial charge in [0.25, 0.3) is 5.91 Å². The highest BCUT2D eigenvalue weighted by molar-refractivity contribution is 14.0. The van der Waals surface area contributed by atoms with Gasteiger partial charge in [0, 0.05) is 47.3 Å². The van der Waals surface area contributed by atoms with Crippen molar-refractivity contribution in [2.24, 2.45) is 4.99 Å². The van der Waals surface area contributed by atoms with Crippen LogP contribution in [0.3, 0.4) is 0 Å². The monoisotopic (exact) mass is 449 g/mol. The molecule has 1 N–H and O–H groups in total. The molecule has 1 fully saturated rings. The number of rotatable bonds is 3. The number of carbonyl (C=O) groups is 2. The molecule has 2 heterocycles. The summed E-state index contributed by atoms with van der Waals surface area (Å²) in [5, 5.41) is 3.05. The molecule has 1 aliphatic heterocycles. The van der Waals surface area contributed by atoms with Crippen LogP contribution in [-0.4, -0.2) is 86.3 Å². The second kappa shape index (κ2) is 9.50. The zero-order valence-corrected chi connectivity index (χ0v) is 16.5. The summed E-state index contributed by atoms with van der Waals surface area (Å²) in [7, 11) is 5.11. The minimum absolute atomic E-state index is 0. The van der Waals surface area contributed by atoms with E-state index < -0.39 is 0 Å². The second-order valence-electron chi connectivity index (χ2n) is 5.45. The maximum Gasteiger partial charge on any atom is 0.289 e. The Morgan fingerprint density at radius 2 is 1.88 bits per heavy atom. The van der Waals surface area contributed by atoms with Gasteiger partial charge in [-0.3, -0.25) is 14.6 Å². The van der Waals surface area contributed by atoms with Crippen LogP contribution >= 0.6 is 24.0 Å². The van der Waals surface area contributed by atoms with Crippen molar-refractivity contribution in [3.8, 4) is 0 Å². The number of carbonyl (C=O) groups excluding carboxylic acids is 2. The van der Waals surface area contributed by atoms with Gasteiger partial charge in [0.05, 0.1) is 12.8 Å². The van der Waals surface area contributed by atoms with Gasteiger partial charge in [-0.25, -0.2) is 0 Å². The Balaban J connectivity index is 0.00000288. The molecule has 134 valence electrons. The van der Waals surface area contributed by atoms with E-state index in [-0.39, 0.29) is 42.3 Å². The van der Waals surface area contributed by atoms with Gasteiger partial charge in [-0.05, 0) is 12.1 Å².